The van der Waals surface area contributed by atoms with Crippen molar-refractivity contribution in [1.82, 2.24) is 9.78 Å². The van der Waals surface area contributed by atoms with E-state index in [1.165, 1.54) is 0 Å². The molecule has 0 saturated heterocycles. The van der Waals surface area contributed by atoms with Gasteiger partial charge in [0.2, 0.25) is 0 Å². The summed E-state index contributed by atoms with van der Waals surface area (Å²) in [5, 5.41) is 7.66. The summed E-state index contributed by atoms with van der Waals surface area (Å²) in [6.07, 6.45) is 1.61. The third kappa shape index (κ3) is 5.21. The molecule has 152 valence electrons. The number of carbonyl (C=O) groups is 1. The molecule has 0 aliphatic carbocycles. The molecule has 0 fully saturated rings. The lowest BCUT2D eigenvalue weighted by Crippen LogP contribution is -2.22. The summed E-state index contributed by atoms with van der Waals surface area (Å²) in [6, 6.07) is 12.4. The maximum absolute atomic E-state index is 12.3. The highest BCUT2D eigenvalue weighted by Gasteiger charge is 2.14. The summed E-state index contributed by atoms with van der Waals surface area (Å²) >= 11 is 9.26. The second-order valence-electron chi connectivity index (χ2n) is 5.94. The molecule has 0 unspecified atom stereocenters. The van der Waals surface area contributed by atoms with E-state index in [4.69, 9.17) is 25.8 Å². The van der Waals surface area contributed by atoms with Gasteiger partial charge in [0.25, 0.3) is 5.91 Å². The summed E-state index contributed by atoms with van der Waals surface area (Å²) in [5.74, 6) is 2.01. The van der Waals surface area contributed by atoms with Gasteiger partial charge in [-0.05, 0) is 40.2 Å². The van der Waals surface area contributed by atoms with Crippen molar-refractivity contribution in [2.24, 2.45) is 0 Å². The number of amides is 1. The molecule has 3 rings (SSSR count). The predicted octanol–water partition coefficient (Wildman–Crippen LogP) is 4.38. The summed E-state index contributed by atoms with van der Waals surface area (Å²) < 4.78 is 18.7. The van der Waals surface area contributed by atoms with Gasteiger partial charge in [0.05, 0.1) is 31.4 Å². The standard InChI is InChI=1S/C20H19BrClN3O4/c1-27-17-5-3-4-13(20(17)28-2)11-25-18(8-9-23-25)24-19(26)12-29-16-7-6-14(22)10-15(16)21/h3-10H,11-12H2,1-2H3,(H,24,26). The number of carbonyl (C=O) groups excluding carboxylic acids is 1. The maximum atomic E-state index is 12.3. The van der Waals surface area contributed by atoms with Crippen LogP contribution in [-0.4, -0.2) is 36.5 Å². The lowest BCUT2D eigenvalue weighted by Gasteiger charge is -2.14. The fourth-order valence-electron chi connectivity index (χ4n) is 2.72. The molecule has 0 aliphatic rings. The monoisotopic (exact) mass is 479 g/mol. The number of hydrogen-bond donors (Lipinski definition) is 1. The average Bonchev–Trinajstić information content (AvgIpc) is 3.13. The highest BCUT2D eigenvalue weighted by atomic mass is 79.9. The largest absolute Gasteiger partial charge is 0.493 e. The van der Waals surface area contributed by atoms with Crippen molar-refractivity contribution in [1.29, 1.82) is 0 Å². The number of nitrogens with one attached hydrogen (secondary N) is 1. The Hall–Kier alpha value is -2.71. The first-order valence-corrected chi connectivity index (χ1v) is 9.78. The van der Waals surface area contributed by atoms with Crippen LogP contribution in [0.4, 0.5) is 5.82 Å². The fraction of sp³-hybridized carbons (Fsp3) is 0.200. The van der Waals surface area contributed by atoms with Gasteiger partial charge >= 0.3 is 0 Å². The Morgan fingerprint density at radius 3 is 2.72 bits per heavy atom. The Morgan fingerprint density at radius 2 is 2.00 bits per heavy atom. The highest BCUT2D eigenvalue weighted by molar-refractivity contribution is 9.10. The van der Waals surface area contributed by atoms with Crippen molar-refractivity contribution in [2.75, 3.05) is 26.1 Å². The SMILES string of the molecule is COc1cccc(Cn2nccc2NC(=O)COc2ccc(Cl)cc2Br)c1OC. The van der Waals surface area contributed by atoms with Gasteiger partial charge in [0.1, 0.15) is 11.6 Å². The van der Waals surface area contributed by atoms with Crippen molar-refractivity contribution in [3.8, 4) is 17.2 Å². The van der Waals surface area contributed by atoms with Crippen LogP contribution in [0, 0.1) is 0 Å². The van der Waals surface area contributed by atoms with E-state index in [2.05, 4.69) is 26.3 Å². The number of para-hydroxylation sites is 1. The zero-order valence-electron chi connectivity index (χ0n) is 15.8. The molecule has 0 spiro atoms. The number of methoxy groups -OCH3 is 2. The van der Waals surface area contributed by atoms with Crippen molar-refractivity contribution < 1.29 is 19.0 Å². The van der Waals surface area contributed by atoms with Gasteiger partial charge in [-0.1, -0.05) is 23.7 Å². The van der Waals surface area contributed by atoms with E-state index < -0.39 is 0 Å². The zero-order valence-corrected chi connectivity index (χ0v) is 18.2. The first kappa shape index (κ1) is 21.0. The summed E-state index contributed by atoms with van der Waals surface area (Å²) in [7, 11) is 3.17. The van der Waals surface area contributed by atoms with Crippen LogP contribution in [0.1, 0.15) is 5.56 Å². The number of rotatable bonds is 8. The molecule has 29 heavy (non-hydrogen) atoms. The molecular weight excluding hydrogens is 462 g/mol. The van der Waals surface area contributed by atoms with Gasteiger partial charge in [-0.15, -0.1) is 0 Å². The van der Waals surface area contributed by atoms with E-state index in [1.54, 1.807) is 49.4 Å². The summed E-state index contributed by atoms with van der Waals surface area (Å²) in [4.78, 5) is 12.3. The van der Waals surface area contributed by atoms with Gasteiger partial charge < -0.3 is 19.5 Å². The number of hydrogen-bond acceptors (Lipinski definition) is 5. The van der Waals surface area contributed by atoms with E-state index in [9.17, 15) is 4.79 Å². The summed E-state index contributed by atoms with van der Waals surface area (Å²) in [6.45, 7) is 0.237. The molecule has 1 amide bonds. The Kier molecular flexibility index (Phi) is 7.00. The van der Waals surface area contributed by atoms with E-state index in [-0.39, 0.29) is 12.5 Å². The molecule has 3 aromatic rings. The lowest BCUT2D eigenvalue weighted by molar-refractivity contribution is -0.118. The van der Waals surface area contributed by atoms with Crippen molar-refractivity contribution in [2.45, 2.75) is 6.54 Å². The number of aromatic nitrogens is 2. The third-order valence-electron chi connectivity index (χ3n) is 4.04. The van der Waals surface area contributed by atoms with Crippen LogP contribution in [0.3, 0.4) is 0 Å². The number of benzene rings is 2. The molecule has 7 nitrogen and oxygen atoms in total. The van der Waals surface area contributed by atoms with E-state index in [1.807, 2.05) is 18.2 Å². The summed E-state index contributed by atoms with van der Waals surface area (Å²) in [5.41, 5.74) is 0.868. The Bertz CT molecular complexity index is 1010. The van der Waals surface area contributed by atoms with Crippen molar-refractivity contribution >= 4 is 39.3 Å². The van der Waals surface area contributed by atoms with Crippen LogP contribution < -0.4 is 19.5 Å². The molecule has 1 N–H and O–H groups in total. The maximum Gasteiger partial charge on any atom is 0.263 e. The van der Waals surface area contributed by atoms with Gasteiger partial charge in [-0.25, -0.2) is 4.68 Å². The number of nitrogens with zero attached hydrogens (tertiary/aromatic N) is 2. The Labute approximate surface area is 181 Å². The third-order valence-corrected chi connectivity index (χ3v) is 4.90. The smallest absolute Gasteiger partial charge is 0.263 e. The molecule has 1 aromatic heterocycles. The minimum absolute atomic E-state index is 0.159. The molecule has 0 saturated carbocycles. The number of ether oxygens (including phenoxy) is 3. The van der Waals surface area contributed by atoms with Crippen LogP contribution in [0.15, 0.2) is 53.1 Å². The molecule has 0 aliphatic heterocycles. The molecule has 0 bridgehead atoms. The van der Waals surface area contributed by atoms with E-state index >= 15 is 0 Å². The van der Waals surface area contributed by atoms with Gasteiger partial charge in [0, 0.05) is 16.7 Å². The first-order valence-electron chi connectivity index (χ1n) is 8.61. The Balaban J connectivity index is 1.67. The minimum atomic E-state index is -0.314. The predicted molar refractivity (Wildman–Crippen MR) is 114 cm³/mol. The van der Waals surface area contributed by atoms with Crippen LogP contribution in [-0.2, 0) is 11.3 Å². The van der Waals surface area contributed by atoms with E-state index in [0.717, 1.165) is 5.56 Å². The first-order chi connectivity index (χ1) is 14.0. The molecular formula is C20H19BrClN3O4. The topological polar surface area (TPSA) is 74.6 Å². The van der Waals surface area contributed by atoms with Gasteiger partial charge in [-0.3, -0.25) is 4.79 Å². The quantitative estimate of drug-likeness (QED) is 0.518. The van der Waals surface area contributed by atoms with E-state index in [0.29, 0.717) is 39.1 Å². The number of anilines is 1. The van der Waals surface area contributed by atoms with Crippen LogP contribution in [0.2, 0.25) is 5.02 Å². The second-order valence-corrected chi connectivity index (χ2v) is 7.23. The highest BCUT2D eigenvalue weighted by Crippen LogP contribution is 2.31. The second kappa shape index (κ2) is 9.67. The van der Waals surface area contributed by atoms with Crippen LogP contribution in [0.25, 0.3) is 0 Å². The lowest BCUT2D eigenvalue weighted by atomic mass is 10.2. The molecule has 0 atom stereocenters. The average molecular weight is 481 g/mol. The number of halogens is 2. The van der Waals surface area contributed by atoms with Crippen LogP contribution in [0.5, 0.6) is 17.2 Å². The molecule has 1 heterocycles. The molecule has 9 heteroatoms. The Morgan fingerprint density at radius 1 is 1.17 bits per heavy atom. The zero-order chi connectivity index (χ0) is 20.8. The van der Waals surface area contributed by atoms with Crippen molar-refractivity contribution in [3.63, 3.8) is 0 Å². The minimum Gasteiger partial charge on any atom is -0.493 e. The van der Waals surface area contributed by atoms with Crippen molar-refractivity contribution in [3.05, 3.63) is 63.7 Å². The van der Waals surface area contributed by atoms with Gasteiger partial charge in [0.15, 0.2) is 18.1 Å². The van der Waals surface area contributed by atoms with Gasteiger partial charge in [-0.2, -0.15) is 5.10 Å². The normalized spacial score (nSPS) is 10.5. The molecule has 0 radical (unpaired) electrons. The van der Waals surface area contributed by atoms with Crippen LogP contribution >= 0.6 is 27.5 Å². The molecule has 2 aromatic carbocycles. The fourth-order valence-corrected chi connectivity index (χ4v) is 3.52.